The number of amides is 1. The number of nitrogens with one attached hydrogen (secondary N) is 2. The summed E-state index contributed by atoms with van der Waals surface area (Å²) < 4.78 is 27.3. The van der Waals surface area contributed by atoms with Crippen LogP contribution in [0.25, 0.3) is 0 Å². The molecular formula is C12H14BrN3O3S. The van der Waals surface area contributed by atoms with Gasteiger partial charge in [0.2, 0.25) is 15.9 Å². The largest absolute Gasteiger partial charge is 0.325 e. The molecule has 0 bridgehead atoms. The molecule has 1 amide bonds. The predicted molar refractivity (Wildman–Crippen MR) is 78.1 cm³/mol. The highest BCUT2D eigenvalue weighted by atomic mass is 79.9. The van der Waals surface area contributed by atoms with Crippen LogP contribution in [0.3, 0.4) is 0 Å². The average molecular weight is 360 g/mol. The lowest BCUT2D eigenvalue weighted by atomic mass is 10.2. The third-order valence-corrected chi connectivity index (χ3v) is 6.33. The van der Waals surface area contributed by atoms with E-state index < -0.39 is 10.0 Å². The van der Waals surface area contributed by atoms with Crippen molar-refractivity contribution in [3.05, 3.63) is 22.2 Å². The number of fused-ring (bicyclic) bond motifs is 1. The van der Waals surface area contributed by atoms with Gasteiger partial charge < -0.3 is 10.6 Å². The summed E-state index contributed by atoms with van der Waals surface area (Å²) >= 11 is 3.30. The fraction of sp³-hybridized carbons (Fsp3) is 0.417. The Bertz CT molecular complexity index is 669. The quantitative estimate of drug-likeness (QED) is 0.807. The summed E-state index contributed by atoms with van der Waals surface area (Å²) in [6.45, 7) is 2.23. The SMILES string of the molecule is O=C1Cc2cc(S(=O)(=O)N3CCNCC3)c(Br)cc2N1. The highest BCUT2D eigenvalue weighted by Gasteiger charge is 2.30. The second-order valence-electron chi connectivity index (χ2n) is 4.82. The van der Waals surface area contributed by atoms with Crippen molar-refractivity contribution < 1.29 is 13.2 Å². The van der Waals surface area contributed by atoms with Gasteiger partial charge in [-0.2, -0.15) is 4.31 Å². The number of hydrogen-bond acceptors (Lipinski definition) is 4. The van der Waals surface area contributed by atoms with Crippen molar-refractivity contribution in [3.63, 3.8) is 0 Å². The summed E-state index contributed by atoms with van der Waals surface area (Å²) in [5, 5.41) is 5.84. The minimum absolute atomic E-state index is 0.108. The van der Waals surface area contributed by atoms with E-state index in [1.54, 1.807) is 12.1 Å². The lowest BCUT2D eigenvalue weighted by Gasteiger charge is -2.27. The number of carbonyl (C=O) groups excluding carboxylic acids is 1. The maximum atomic E-state index is 12.7. The topological polar surface area (TPSA) is 78.5 Å². The Hall–Kier alpha value is -0.960. The van der Waals surface area contributed by atoms with Gasteiger partial charge in [-0.05, 0) is 33.6 Å². The first-order valence-electron chi connectivity index (χ1n) is 6.31. The number of nitrogens with zero attached hydrogens (tertiary/aromatic N) is 1. The Morgan fingerprint density at radius 3 is 2.60 bits per heavy atom. The molecule has 0 spiro atoms. The lowest BCUT2D eigenvalue weighted by Crippen LogP contribution is -2.46. The zero-order valence-corrected chi connectivity index (χ0v) is 13.1. The van der Waals surface area contributed by atoms with Crippen LogP contribution in [0.15, 0.2) is 21.5 Å². The fourth-order valence-corrected chi connectivity index (χ4v) is 4.94. The van der Waals surface area contributed by atoms with Gasteiger partial charge in [0.15, 0.2) is 0 Å². The van der Waals surface area contributed by atoms with Gasteiger partial charge in [0.25, 0.3) is 0 Å². The number of rotatable bonds is 2. The molecule has 0 unspecified atom stereocenters. The molecule has 6 nitrogen and oxygen atoms in total. The van der Waals surface area contributed by atoms with Crippen molar-refractivity contribution in [2.24, 2.45) is 0 Å². The predicted octanol–water partition coefficient (Wildman–Crippen LogP) is 0.538. The van der Waals surface area contributed by atoms with E-state index in [2.05, 4.69) is 26.6 Å². The van der Waals surface area contributed by atoms with E-state index in [4.69, 9.17) is 0 Å². The van der Waals surface area contributed by atoms with Crippen molar-refractivity contribution in [2.75, 3.05) is 31.5 Å². The van der Waals surface area contributed by atoms with Crippen LogP contribution >= 0.6 is 15.9 Å². The number of halogens is 1. The molecule has 2 aliphatic rings. The number of benzene rings is 1. The van der Waals surface area contributed by atoms with E-state index in [0.717, 1.165) is 5.56 Å². The number of anilines is 1. The Morgan fingerprint density at radius 2 is 1.90 bits per heavy atom. The van der Waals surface area contributed by atoms with Crippen LogP contribution in [0.1, 0.15) is 5.56 Å². The van der Waals surface area contributed by atoms with E-state index in [1.807, 2.05) is 0 Å². The van der Waals surface area contributed by atoms with Crippen molar-refractivity contribution >= 4 is 37.5 Å². The van der Waals surface area contributed by atoms with Crippen molar-refractivity contribution in [1.82, 2.24) is 9.62 Å². The Kier molecular flexibility index (Phi) is 3.57. The molecule has 3 rings (SSSR count). The second-order valence-corrected chi connectivity index (χ2v) is 7.58. The summed E-state index contributed by atoms with van der Waals surface area (Å²) in [7, 11) is -3.52. The third kappa shape index (κ3) is 2.37. The van der Waals surface area contributed by atoms with Gasteiger partial charge in [-0.25, -0.2) is 8.42 Å². The summed E-state index contributed by atoms with van der Waals surface area (Å²) in [5.74, 6) is -0.108. The molecule has 20 heavy (non-hydrogen) atoms. The van der Waals surface area contributed by atoms with Gasteiger partial charge in [-0.15, -0.1) is 0 Å². The molecular weight excluding hydrogens is 346 g/mol. The van der Waals surface area contributed by atoms with Crippen molar-refractivity contribution in [1.29, 1.82) is 0 Å². The minimum atomic E-state index is -3.52. The van der Waals surface area contributed by atoms with E-state index in [-0.39, 0.29) is 17.2 Å². The molecule has 8 heteroatoms. The van der Waals surface area contributed by atoms with Gasteiger partial charge >= 0.3 is 0 Å². The summed E-state index contributed by atoms with van der Waals surface area (Å²) in [4.78, 5) is 11.6. The molecule has 1 aromatic carbocycles. The number of piperazine rings is 1. The molecule has 0 aromatic heterocycles. The van der Waals surface area contributed by atoms with E-state index in [0.29, 0.717) is 36.3 Å². The summed E-state index contributed by atoms with van der Waals surface area (Å²) in [6, 6.07) is 3.25. The Morgan fingerprint density at radius 1 is 1.20 bits per heavy atom. The molecule has 1 aromatic rings. The van der Waals surface area contributed by atoms with Crippen LogP contribution in [-0.4, -0.2) is 44.8 Å². The highest BCUT2D eigenvalue weighted by molar-refractivity contribution is 9.10. The molecule has 0 saturated carbocycles. The van der Waals surface area contributed by atoms with Gasteiger partial charge in [0, 0.05) is 36.3 Å². The molecule has 1 fully saturated rings. The minimum Gasteiger partial charge on any atom is -0.325 e. The Balaban J connectivity index is 2.01. The van der Waals surface area contributed by atoms with Gasteiger partial charge in [0.05, 0.1) is 11.3 Å². The molecule has 2 N–H and O–H groups in total. The normalized spacial score (nSPS) is 19.8. The Labute approximate surface area is 125 Å². The maximum Gasteiger partial charge on any atom is 0.244 e. The maximum absolute atomic E-state index is 12.7. The van der Waals surface area contributed by atoms with Crippen LogP contribution in [0, 0.1) is 0 Å². The molecule has 0 aliphatic carbocycles. The number of sulfonamides is 1. The molecule has 1 saturated heterocycles. The number of carbonyl (C=O) groups is 1. The molecule has 2 aliphatic heterocycles. The average Bonchev–Trinajstić information content (AvgIpc) is 2.78. The molecule has 2 heterocycles. The first kappa shape index (κ1) is 14.0. The number of hydrogen-bond donors (Lipinski definition) is 2. The molecule has 108 valence electrons. The zero-order chi connectivity index (χ0) is 14.3. The van der Waals surface area contributed by atoms with Gasteiger partial charge in [-0.1, -0.05) is 0 Å². The summed E-state index contributed by atoms with van der Waals surface area (Å²) in [6.07, 6.45) is 0.229. The third-order valence-electron chi connectivity index (χ3n) is 3.48. The van der Waals surface area contributed by atoms with E-state index in [9.17, 15) is 13.2 Å². The van der Waals surface area contributed by atoms with Crippen molar-refractivity contribution in [3.8, 4) is 0 Å². The van der Waals surface area contributed by atoms with Crippen LogP contribution in [0.5, 0.6) is 0 Å². The standard InChI is InChI=1S/C12H14BrN3O3S/c13-9-7-10-8(6-12(17)15-10)5-11(9)20(18,19)16-3-1-14-2-4-16/h5,7,14H,1-4,6H2,(H,15,17). The fourth-order valence-electron chi connectivity index (χ4n) is 2.45. The van der Waals surface area contributed by atoms with Crippen LogP contribution in [-0.2, 0) is 21.2 Å². The van der Waals surface area contributed by atoms with Crippen LogP contribution in [0.2, 0.25) is 0 Å². The van der Waals surface area contributed by atoms with Crippen LogP contribution < -0.4 is 10.6 Å². The van der Waals surface area contributed by atoms with Crippen molar-refractivity contribution in [2.45, 2.75) is 11.3 Å². The highest BCUT2D eigenvalue weighted by Crippen LogP contribution is 2.33. The van der Waals surface area contributed by atoms with Gasteiger partial charge in [-0.3, -0.25) is 4.79 Å². The first-order chi connectivity index (χ1) is 9.48. The molecule has 0 radical (unpaired) electrons. The zero-order valence-electron chi connectivity index (χ0n) is 10.6. The second kappa shape index (κ2) is 5.10. The van der Waals surface area contributed by atoms with E-state index in [1.165, 1.54) is 4.31 Å². The lowest BCUT2D eigenvalue weighted by molar-refractivity contribution is -0.115. The van der Waals surface area contributed by atoms with Crippen LogP contribution in [0.4, 0.5) is 5.69 Å². The van der Waals surface area contributed by atoms with Gasteiger partial charge in [0.1, 0.15) is 0 Å². The smallest absolute Gasteiger partial charge is 0.244 e. The molecule has 0 atom stereocenters. The van der Waals surface area contributed by atoms with E-state index >= 15 is 0 Å². The monoisotopic (exact) mass is 359 g/mol. The first-order valence-corrected chi connectivity index (χ1v) is 8.55. The summed E-state index contributed by atoms with van der Waals surface area (Å²) in [5.41, 5.74) is 1.41.